The van der Waals surface area contributed by atoms with Crippen molar-refractivity contribution in [3.63, 3.8) is 0 Å². The third kappa shape index (κ3) is 4.97. The van der Waals surface area contributed by atoms with Gasteiger partial charge in [0.05, 0.1) is 0 Å². The average Bonchev–Trinajstić information content (AvgIpc) is 2.80. The van der Waals surface area contributed by atoms with Gasteiger partial charge in [0.25, 0.3) is 0 Å². The smallest absolute Gasteiger partial charge is 0.350 e. The summed E-state index contributed by atoms with van der Waals surface area (Å²) < 4.78 is 76.7. The number of rotatable bonds is 6. The van der Waals surface area contributed by atoms with Crippen LogP contribution >= 0.6 is 0 Å². The molecule has 1 heterocycles. The number of anilines is 1. The van der Waals surface area contributed by atoms with Gasteiger partial charge in [-0.15, -0.1) is 0 Å². The number of nitrogen functional groups attached to an aromatic ring is 1. The van der Waals surface area contributed by atoms with Crippen molar-refractivity contribution in [3.05, 3.63) is 87.2 Å². The van der Waals surface area contributed by atoms with Crippen molar-refractivity contribution in [2.24, 2.45) is 0 Å². The van der Waals surface area contributed by atoms with E-state index in [2.05, 4.69) is 9.72 Å². The molecular formula is C20H12F5N3O5. The number of nitrogens with zero attached hydrogens (tertiary/aromatic N) is 2. The molecule has 0 aliphatic rings. The lowest BCUT2D eigenvalue weighted by atomic mass is 10.2. The SMILES string of the molecule is Nc1nc(=O)n(CC(=O)Oc2c(F)c(F)c(F)c(F)c2F)cc1C(=O)OCc1ccccc1. The number of hydrogen-bond acceptors (Lipinski definition) is 7. The number of esters is 2. The summed E-state index contributed by atoms with van der Waals surface area (Å²) in [5.74, 6) is -16.8. The van der Waals surface area contributed by atoms with Crippen LogP contribution in [0.3, 0.4) is 0 Å². The van der Waals surface area contributed by atoms with Crippen LogP contribution in [0, 0.1) is 29.1 Å². The second-order valence-electron chi connectivity index (χ2n) is 6.39. The molecule has 0 aliphatic heterocycles. The molecule has 0 radical (unpaired) electrons. The molecule has 8 nitrogen and oxygen atoms in total. The summed E-state index contributed by atoms with van der Waals surface area (Å²) in [4.78, 5) is 39.6. The third-order valence-electron chi connectivity index (χ3n) is 4.14. The van der Waals surface area contributed by atoms with Gasteiger partial charge in [-0.25, -0.2) is 27.6 Å². The van der Waals surface area contributed by atoms with Crippen molar-refractivity contribution in [3.8, 4) is 5.75 Å². The van der Waals surface area contributed by atoms with Crippen molar-refractivity contribution in [1.82, 2.24) is 9.55 Å². The third-order valence-corrected chi connectivity index (χ3v) is 4.14. The van der Waals surface area contributed by atoms with Gasteiger partial charge < -0.3 is 15.2 Å². The minimum atomic E-state index is -2.44. The molecule has 33 heavy (non-hydrogen) atoms. The van der Waals surface area contributed by atoms with Crippen molar-refractivity contribution in [1.29, 1.82) is 0 Å². The Morgan fingerprint density at radius 2 is 1.52 bits per heavy atom. The number of ether oxygens (including phenoxy) is 2. The van der Waals surface area contributed by atoms with E-state index in [9.17, 15) is 36.3 Å². The van der Waals surface area contributed by atoms with Crippen LogP contribution < -0.4 is 16.2 Å². The fraction of sp³-hybridized carbons (Fsp3) is 0.100. The molecule has 0 unspecified atom stereocenters. The molecule has 1 aromatic heterocycles. The lowest BCUT2D eigenvalue weighted by Crippen LogP contribution is -2.31. The average molecular weight is 469 g/mol. The largest absolute Gasteiger partial charge is 0.457 e. The Bertz CT molecular complexity index is 1270. The normalized spacial score (nSPS) is 10.7. The van der Waals surface area contributed by atoms with Gasteiger partial charge in [0.2, 0.25) is 34.8 Å². The van der Waals surface area contributed by atoms with Gasteiger partial charge >= 0.3 is 17.6 Å². The molecule has 172 valence electrons. The molecule has 2 N–H and O–H groups in total. The summed E-state index contributed by atoms with van der Waals surface area (Å²) in [5, 5.41) is 0. The first-order chi connectivity index (χ1) is 15.6. The Morgan fingerprint density at radius 3 is 2.12 bits per heavy atom. The predicted octanol–water partition coefficient (Wildman–Crippen LogP) is 2.48. The Morgan fingerprint density at radius 1 is 0.939 bits per heavy atom. The van der Waals surface area contributed by atoms with E-state index >= 15 is 0 Å². The van der Waals surface area contributed by atoms with E-state index < -0.39 is 70.4 Å². The molecule has 0 spiro atoms. The fourth-order valence-electron chi connectivity index (χ4n) is 2.54. The van der Waals surface area contributed by atoms with Crippen LogP contribution in [0.2, 0.25) is 0 Å². The van der Waals surface area contributed by atoms with Crippen LogP contribution in [-0.2, 0) is 22.7 Å². The zero-order chi connectivity index (χ0) is 24.3. The second kappa shape index (κ2) is 9.46. The number of nitrogens with two attached hydrogens (primary N) is 1. The number of halogens is 5. The Hall–Kier alpha value is -4.29. The second-order valence-corrected chi connectivity index (χ2v) is 6.39. The van der Waals surface area contributed by atoms with E-state index in [0.717, 1.165) is 6.20 Å². The van der Waals surface area contributed by atoms with Crippen LogP contribution in [0.1, 0.15) is 15.9 Å². The number of carbonyl (C=O) groups excluding carboxylic acids is 2. The maximum absolute atomic E-state index is 13.7. The van der Waals surface area contributed by atoms with E-state index in [1.165, 1.54) is 0 Å². The summed E-state index contributed by atoms with van der Waals surface area (Å²) in [6.07, 6.45) is 0.776. The Kier molecular flexibility index (Phi) is 6.70. The number of aromatic nitrogens is 2. The highest BCUT2D eigenvalue weighted by Gasteiger charge is 2.29. The molecule has 0 saturated carbocycles. The van der Waals surface area contributed by atoms with E-state index in [0.29, 0.717) is 10.1 Å². The topological polar surface area (TPSA) is 114 Å². The molecule has 0 aliphatic carbocycles. The molecule has 0 saturated heterocycles. The molecule has 3 aromatic rings. The lowest BCUT2D eigenvalue weighted by Gasteiger charge is -2.11. The Labute approximate surface area is 181 Å². The molecule has 0 amide bonds. The van der Waals surface area contributed by atoms with E-state index in [1.807, 2.05) is 0 Å². The van der Waals surface area contributed by atoms with E-state index in [4.69, 9.17) is 10.5 Å². The van der Waals surface area contributed by atoms with Crippen LogP contribution in [0.25, 0.3) is 0 Å². The molecule has 3 rings (SSSR count). The van der Waals surface area contributed by atoms with Gasteiger partial charge in [-0.2, -0.15) is 13.8 Å². The molecule has 0 fully saturated rings. The van der Waals surface area contributed by atoms with Gasteiger partial charge in [-0.05, 0) is 5.56 Å². The molecule has 13 heteroatoms. The highest BCUT2D eigenvalue weighted by molar-refractivity contribution is 5.93. The first-order valence-electron chi connectivity index (χ1n) is 8.90. The number of benzene rings is 2. The van der Waals surface area contributed by atoms with Crippen LogP contribution in [-0.4, -0.2) is 21.5 Å². The quantitative estimate of drug-likeness (QED) is 0.194. The zero-order valence-electron chi connectivity index (χ0n) is 16.3. The molecule has 0 bridgehead atoms. The van der Waals surface area contributed by atoms with Gasteiger partial charge in [-0.3, -0.25) is 4.57 Å². The maximum Gasteiger partial charge on any atom is 0.350 e. The predicted molar refractivity (Wildman–Crippen MR) is 100 cm³/mol. The standard InChI is InChI=1S/C20H12F5N3O5/c21-12-13(22)15(24)17(16(25)14(12)23)33-11(29)7-28-6-10(18(26)27-20(28)31)19(30)32-8-9-4-2-1-3-5-9/h1-6H,7-8H2,(H2,26,27,31). The first-order valence-corrected chi connectivity index (χ1v) is 8.90. The maximum atomic E-state index is 13.7. The van der Waals surface area contributed by atoms with Crippen LogP contribution in [0.15, 0.2) is 41.3 Å². The van der Waals surface area contributed by atoms with Gasteiger partial charge in [-0.1, -0.05) is 30.3 Å². The summed E-state index contributed by atoms with van der Waals surface area (Å²) in [7, 11) is 0. The van der Waals surface area contributed by atoms with Gasteiger partial charge in [0, 0.05) is 6.20 Å². The van der Waals surface area contributed by atoms with Gasteiger partial charge in [0.15, 0.2) is 0 Å². The minimum Gasteiger partial charge on any atom is -0.457 e. The van der Waals surface area contributed by atoms with Crippen LogP contribution in [0.5, 0.6) is 5.75 Å². The van der Waals surface area contributed by atoms with E-state index in [1.54, 1.807) is 30.3 Å². The molecule has 2 aromatic carbocycles. The summed E-state index contributed by atoms with van der Waals surface area (Å²) in [5.41, 5.74) is 4.59. The minimum absolute atomic E-state index is 0.152. The summed E-state index contributed by atoms with van der Waals surface area (Å²) in [6, 6.07) is 8.50. The lowest BCUT2D eigenvalue weighted by molar-refractivity contribution is -0.135. The summed E-state index contributed by atoms with van der Waals surface area (Å²) in [6.45, 7) is -1.26. The monoisotopic (exact) mass is 469 g/mol. The van der Waals surface area contributed by atoms with Crippen LogP contribution in [0.4, 0.5) is 27.8 Å². The van der Waals surface area contributed by atoms with Crippen molar-refractivity contribution in [2.45, 2.75) is 13.2 Å². The van der Waals surface area contributed by atoms with Gasteiger partial charge in [0.1, 0.15) is 24.5 Å². The Balaban J connectivity index is 1.80. The summed E-state index contributed by atoms with van der Waals surface area (Å²) >= 11 is 0. The molecular weight excluding hydrogens is 457 g/mol. The number of carbonyl (C=O) groups is 2. The van der Waals surface area contributed by atoms with Crippen molar-refractivity contribution >= 4 is 17.8 Å². The van der Waals surface area contributed by atoms with Crippen molar-refractivity contribution < 1.29 is 41.0 Å². The zero-order valence-corrected chi connectivity index (χ0v) is 16.3. The fourth-order valence-corrected chi connectivity index (χ4v) is 2.54. The molecule has 0 atom stereocenters. The highest BCUT2D eigenvalue weighted by Crippen LogP contribution is 2.29. The first kappa shape index (κ1) is 23.4. The highest BCUT2D eigenvalue weighted by atomic mass is 19.2. The van der Waals surface area contributed by atoms with E-state index in [-0.39, 0.29) is 6.61 Å². The van der Waals surface area contributed by atoms with Crippen molar-refractivity contribution in [2.75, 3.05) is 5.73 Å². The number of hydrogen-bond donors (Lipinski definition) is 1.